The highest BCUT2D eigenvalue weighted by Crippen LogP contribution is 2.40. The molecular weight excluding hydrogens is 414 g/mol. The minimum atomic E-state index is -0.380. The Morgan fingerprint density at radius 3 is 2.71 bits per heavy atom. The topological polar surface area (TPSA) is 87.8 Å². The van der Waals surface area contributed by atoms with Gasteiger partial charge in [-0.2, -0.15) is 0 Å². The number of pyridine rings is 1. The van der Waals surface area contributed by atoms with Gasteiger partial charge in [0.15, 0.2) is 5.11 Å². The number of aliphatic hydroxyl groups is 1. The van der Waals surface area contributed by atoms with E-state index in [-0.39, 0.29) is 24.7 Å². The molecule has 31 heavy (non-hydrogen) atoms. The number of ether oxygens (including phenoxy) is 1. The zero-order valence-electron chi connectivity index (χ0n) is 17.0. The van der Waals surface area contributed by atoms with Gasteiger partial charge in [0, 0.05) is 24.9 Å². The summed E-state index contributed by atoms with van der Waals surface area (Å²) in [4.78, 5) is 18.2. The van der Waals surface area contributed by atoms with Gasteiger partial charge >= 0.3 is 5.97 Å². The lowest BCUT2D eigenvalue weighted by molar-refractivity contribution is 0.0600. The third-order valence-corrected chi connectivity index (χ3v) is 5.62. The fourth-order valence-electron chi connectivity index (χ4n) is 3.75. The number of hydrogen-bond donors (Lipinski definition) is 2. The van der Waals surface area contributed by atoms with Crippen LogP contribution in [-0.2, 0) is 4.74 Å². The minimum absolute atomic E-state index is 0.0794. The van der Waals surface area contributed by atoms with Crippen molar-refractivity contribution in [2.75, 3.05) is 20.3 Å². The second-order valence-electron chi connectivity index (χ2n) is 7.17. The smallest absolute Gasteiger partial charge is 0.337 e. The third kappa shape index (κ3) is 4.30. The third-order valence-electron chi connectivity index (χ3n) is 5.26. The van der Waals surface area contributed by atoms with Crippen LogP contribution in [0, 0.1) is 0 Å². The Balaban J connectivity index is 1.65. The van der Waals surface area contributed by atoms with Crippen LogP contribution in [0.5, 0.6) is 0 Å². The zero-order chi connectivity index (χ0) is 21.8. The van der Waals surface area contributed by atoms with E-state index in [1.165, 1.54) is 7.11 Å². The van der Waals surface area contributed by atoms with Gasteiger partial charge in [-0.25, -0.2) is 4.79 Å². The van der Waals surface area contributed by atoms with Crippen LogP contribution in [0.1, 0.15) is 40.3 Å². The summed E-state index contributed by atoms with van der Waals surface area (Å²) >= 11 is 5.58. The lowest BCUT2D eigenvalue weighted by Gasteiger charge is -2.25. The minimum Gasteiger partial charge on any atom is -0.465 e. The number of hydrogen-bond acceptors (Lipinski definition) is 6. The molecular formula is C23H23N3O4S. The average Bonchev–Trinajstić information content (AvgIpc) is 3.42. The molecule has 3 heterocycles. The first-order chi connectivity index (χ1) is 15.1. The van der Waals surface area contributed by atoms with Crippen molar-refractivity contribution in [3.63, 3.8) is 0 Å². The van der Waals surface area contributed by atoms with Crippen molar-refractivity contribution in [3.05, 3.63) is 77.8 Å². The molecule has 0 bridgehead atoms. The van der Waals surface area contributed by atoms with E-state index in [1.54, 1.807) is 18.3 Å². The van der Waals surface area contributed by atoms with Crippen molar-refractivity contribution in [1.29, 1.82) is 0 Å². The first kappa shape index (κ1) is 21.0. The maximum Gasteiger partial charge on any atom is 0.337 e. The number of methoxy groups -OCH3 is 1. The number of nitrogens with one attached hydrogen (secondary N) is 1. The largest absolute Gasteiger partial charge is 0.465 e. The van der Waals surface area contributed by atoms with Crippen LogP contribution in [0.15, 0.2) is 65.2 Å². The SMILES string of the molecule is COC(=O)c1ccc(-c2ccc([C@H]3[C@@H](c4ccccn4)NC(=S)N3CCCO)o2)cc1. The number of nitrogens with zero attached hydrogens (tertiary/aromatic N) is 2. The number of aromatic nitrogens is 1. The van der Waals surface area contributed by atoms with Gasteiger partial charge in [0.1, 0.15) is 17.6 Å². The first-order valence-corrected chi connectivity index (χ1v) is 10.4. The van der Waals surface area contributed by atoms with Gasteiger partial charge in [0.05, 0.1) is 24.4 Å². The van der Waals surface area contributed by atoms with Crippen LogP contribution in [-0.4, -0.2) is 46.3 Å². The van der Waals surface area contributed by atoms with Crippen molar-refractivity contribution in [1.82, 2.24) is 15.2 Å². The van der Waals surface area contributed by atoms with E-state index >= 15 is 0 Å². The van der Waals surface area contributed by atoms with Crippen LogP contribution < -0.4 is 5.32 Å². The van der Waals surface area contributed by atoms with Crippen LogP contribution in [0.25, 0.3) is 11.3 Å². The first-order valence-electron chi connectivity index (χ1n) is 10.00. The number of benzene rings is 1. The van der Waals surface area contributed by atoms with Gasteiger partial charge in [0.25, 0.3) is 0 Å². The summed E-state index contributed by atoms with van der Waals surface area (Å²) in [6.45, 7) is 0.677. The van der Waals surface area contributed by atoms with Gasteiger partial charge in [-0.3, -0.25) is 4.98 Å². The van der Waals surface area contributed by atoms with Crippen molar-refractivity contribution in [2.24, 2.45) is 0 Å². The molecule has 1 saturated heterocycles. The summed E-state index contributed by atoms with van der Waals surface area (Å²) in [6, 6.07) is 16.3. The molecule has 2 aromatic heterocycles. The maximum absolute atomic E-state index is 11.7. The molecule has 7 nitrogen and oxygen atoms in total. The van der Waals surface area contributed by atoms with Gasteiger partial charge < -0.3 is 24.5 Å². The molecule has 4 rings (SSSR count). The molecule has 0 amide bonds. The average molecular weight is 438 g/mol. The summed E-state index contributed by atoms with van der Waals surface area (Å²) < 4.78 is 11.0. The van der Waals surface area contributed by atoms with Crippen molar-refractivity contribution < 1.29 is 19.1 Å². The van der Waals surface area contributed by atoms with Crippen molar-refractivity contribution >= 4 is 23.3 Å². The molecule has 1 aliphatic heterocycles. The Morgan fingerprint density at radius 2 is 2.03 bits per heavy atom. The molecule has 1 fully saturated rings. The summed E-state index contributed by atoms with van der Waals surface area (Å²) in [5.41, 5.74) is 2.19. The predicted octanol–water partition coefficient (Wildman–Crippen LogP) is 3.48. The fraction of sp³-hybridized carbons (Fsp3) is 0.261. The van der Waals surface area contributed by atoms with E-state index in [2.05, 4.69) is 10.3 Å². The van der Waals surface area contributed by atoms with E-state index in [9.17, 15) is 9.90 Å². The Labute approximate surface area is 185 Å². The standard InChI is InChI=1S/C23H23N3O4S/c1-29-22(28)16-8-6-15(7-9-16)18-10-11-19(30-18)21-20(17-5-2-3-12-24-17)25-23(31)26(21)13-4-14-27/h2-3,5-12,20-21,27H,4,13-14H2,1H3,(H,25,31)/t20-,21+/m1/s1. The Kier molecular flexibility index (Phi) is 6.29. The van der Waals surface area contributed by atoms with E-state index in [0.29, 0.717) is 29.4 Å². The number of furan rings is 1. The molecule has 3 aromatic rings. The summed E-state index contributed by atoms with van der Waals surface area (Å²) in [6.07, 6.45) is 2.35. The lowest BCUT2D eigenvalue weighted by atomic mass is 10.0. The zero-order valence-corrected chi connectivity index (χ0v) is 17.8. The number of rotatable bonds is 7. The molecule has 1 aromatic carbocycles. The molecule has 8 heteroatoms. The van der Waals surface area contributed by atoms with E-state index < -0.39 is 0 Å². The second-order valence-corrected chi connectivity index (χ2v) is 7.55. The van der Waals surface area contributed by atoms with Crippen LogP contribution in [0.4, 0.5) is 0 Å². The molecule has 0 aliphatic carbocycles. The van der Waals surface area contributed by atoms with Crippen LogP contribution in [0.3, 0.4) is 0 Å². The van der Waals surface area contributed by atoms with Crippen molar-refractivity contribution in [2.45, 2.75) is 18.5 Å². The molecule has 0 spiro atoms. The normalized spacial score (nSPS) is 18.1. The maximum atomic E-state index is 11.7. The predicted molar refractivity (Wildman–Crippen MR) is 119 cm³/mol. The number of thiocarbonyl (C=S) groups is 1. The molecule has 160 valence electrons. The Hall–Kier alpha value is -3.23. The monoisotopic (exact) mass is 437 g/mol. The fourth-order valence-corrected chi connectivity index (χ4v) is 4.08. The van der Waals surface area contributed by atoms with Gasteiger partial charge in [-0.1, -0.05) is 18.2 Å². The number of aliphatic hydroxyl groups excluding tert-OH is 1. The van der Waals surface area contributed by atoms with E-state index in [1.807, 2.05) is 47.4 Å². The molecule has 0 saturated carbocycles. The molecule has 1 aliphatic rings. The van der Waals surface area contributed by atoms with Gasteiger partial charge in [0.2, 0.25) is 0 Å². The Bertz CT molecular complexity index is 1050. The van der Waals surface area contributed by atoms with Crippen LogP contribution >= 0.6 is 12.2 Å². The van der Waals surface area contributed by atoms with Gasteiger partial charge in [-0.05, 0) is 55.0 Å². The highest BCUT2D eigenvalue weighted by molar-refractivity contribution is 7.80. The quantitative estimate of drug-likeness (QED) is 0.429. The summed E-state index contributed by atoms with van der Waals surface area (Å²) in [5.74, 6) is 1.05. The number of carbonyl (C=O) groups is 1. The molecule has 2 N–H and O–H groups in total. The number of esters is 1. The van der Waals surface area contributed by atoms with Crippen LogP contribution in [0.2, 0.25) is 0 Å². The highest BCUT2D eigenvalue weighted by atomic mass is 32.1. The molecule has 2 atom stereocenters. The highest BCUT2D eigenvalue weighted by Gasteiger charge is 2.41. The lowest BCUT2D eigenvalue weighted by Crippen LogP contribution is -2.30. The summed E-state index contributed by atoms with van der Waals surface area (Å²) in [7, 11) is 1.36. The Morgan fingerprint density at radius 1 is 1.23 bits per heavy atom. The molecule has 0 radical (unpaired) electrons. The second kappa shape index (κ2) is 9.28. The molecule has 0 unspecified atom stereocenters. The van der Waals surface area contributed by atoms with Gasteiger partial charge in [-0.15, -0.1) is 0 Å². The summed E-state index contributed by atoms with van der Waals surface area (Å²) in [5, 5.41) is 13.3. The van der Waals surface area contributed by atoms with Crippen molar-refractivity contribution in [3.8, 4) is 11.3 Å². The van der Waals surface area contributed by atoms with E-state index in [4.69, 9.17) is 21.4 Å². The van der Waals surface area contributed by atoms with E-state index in [0.717, 1.165) is 17.0 Å². The number of carbonyl (C=O) groups excluding carboxylic acids is 1.